The smallest absolute Gasteiger partial charge is 0.0690 e. The van der Waals surface area contributed by atoms with E-state index in [2.05, 4.69) is 13.0 Å². The Labute approximate surface area is 123 Å². The fraction of sp³-hybridized carbons (Fsp3) is 0.944. The van der Waals surface area contributed by atoms with E-state index in [4.69, 9.17) is 4.74 Å². The second kappa shape index (κ2) is 5.68. The lowest BCUT2D eigenvalue weighted by molar-refractivity contribution is -0.0532. The van der Waals surface area contributed by atoms with Gasteiger partial charge in [-0.1, -0.05) is 39.0 Å². The van der Waals surface area contributed by atoms with Gasteiger partial charge in [0, 0.05) is 0 Å². The molecule has 0 radical (unpaired) electrons. The SMILES string of the molecule is CCC1CCCC(C#N)(CC2CCC3(CCCC3)O2)C1. The van der Waals surface area contributed by atoms with E-state index in [1.54, 1.807) is 0 Å². The summed E-state index contributed by atoms with van der Waals surface area (Å²) in [6, 6.07) is 2.71. The molecule has 2 nitrogen and oxygen atoms in total. The third kappa shape index (κ3) is 2.75. The number of hydrogen-bond acceptors (Lipinski definition) is 2. The minimum absolute atomic E-state index is 0.0757. The zero-order valence-corrected chi connectivity index (χ0v) is 13.0. The van der Waals surface area contributed by atoms with Crippen LogP contribution in [0.1, 0.15) is 84.0 Å². The van der Waals surface area contributed by atoms with Crippen LogP contribution in [0.2, 0.25) is 0 Å². The summed E-state index contributed by atoms with van der Waals surface area (Å²) in [6.45, 7) is 2.28. The van der Waals surface area contributed by atoms with Crippen LogP contribution in [-0.4, -0.2) is 11.7 Å². The van der Waals surface area contributed by atoms with Crippen molar-refractivity contribution in [3.05, 3.63) is 0 Å². The van der Waals surface area contributed by atoms with Crippen LogP contribution in [0.5, 0.6) is 0 Å². The van der Waals surface area contributed by atoms with Crippen LogP contribution in [0, 0.1) is 22.7 Å². The quantitative estimate of drug-likeness (QED) is 0.728. The van der Waals surface area contributed by atoms with Gasteiger partial charge in [-0.25, -0.2) is 0 Å². The molecule has 0 aromatic carbocycles. The average molecular weight is 275 g/mol. The summed E-state index contributed by atoms with van der Waals surface area (Å²) < 4.78 is 6.46. The molecule has 2 aliphatic carbocycles. The molecule has 0 amide bonds. The summed E-state index contributed by atoms with van der Waals surface area (Å²) in [5.41, 5.74) is 0.147. The van der Waals surface area contributed by atoms with Gasteiger partial charge in [-0.05, 0) is 50.9 Å². The van der Waals surface area contributed by atoms with Crippen LogP contribution in [-0.2, 0) is 4.74 Å². The molecule has 3 rings (SSSR count). The second-order valence-corrected chi connectivity index (χ2v) is 7.64. The largest absolute Gasteiger partial charge is 0.372 e. The zero-order valence-electron chi connectivity index (χ0n) is 13.0. The molecular weight excluding hydrogens is 246 g/mol. The van der Waals surface area contributed by atoms with E-state index >= 15 is 0 Å². The highest BCUT2D eigenvalue weighted by Gasteiger charge is 2.46. The van der Waals surface area contributed by atoms with Gasteiger partial charge in [-0.15, -0.1) is 0 Å². The molecule has 1 heterocycles. The maximum absolute atomic E-state index is 9.77. The first-order valence-electron chi connectivity index (χ1n) is 8.78. The molecule has 1 saturated heterocycles. The number of nitrogens with zero attached hydrogens (tertiary/aromatic N) is 1. The van der Waals surface area contributed by atoms with E-state index in [-0.39, 0.29) is 11.0 Å². The van der Waals surface area contributed by atoms with Crippen LogP contribution < -0.4 is 0 Å². The van der Waals surface area contributed by atoms with Crippen LogP contribution in [0.4, 0.5) is 0 Å². The molecule has 0 N–H and O–H groups in total. The highest BCUT2D eigenvalue weighted by molar-refractivity contribution is 5.05. The molecule has 2 saturated carbocycles. The van der Waals surface area contributed by atoms with Crippen LogP contribution in [0.15, 0.2) is 0 Å². The Morgan fingerprint density at radius 3 is 2.60 bits per heavy atom. The lowest BCUT2D eigenvalue weighted by atomic mass is 9.67. The summed E-state index contributed by atoms with van der Waals surface area (Å²) in [6.07, 6.45) is 15.0. The first-order valence-corrected chi connectivity index (χ1v) is 8.78. The van der Waals surface area contributed by atoms with Gasteiger partial charge < -0.3 is 4.74 Å². The van der Waals surface area contributed by atoms with E-state index in [1.165, 1.54) is 57.8 Å². The molecule has 0 aromatic rings. The molecule has 0 bridgehead atoms. The normalized spacial score (nSPS) is 40.0. The standard InChI is InChI=1S/C18H29NO/c1-2-15-6-5-8-17(12-15,14-19)13-16-7-11-18(20-16)9-3-4-10-18/h15-16H,2-13H2,1H3. The molecule has 1 spiro atoms. The van der Waals surface area contributed by atoms with Crippen molar-refractivity contribution >= 4 is 0 Å². The lowest BCUT2D eigenvalue weighted by Crippen LogP contribution is -2.33. The molecule has 112 valence electrons. The highest BCUT2D eigenvalue weighted by Crippen LogP contribution is 2.49. The molecule has 1 aliphatic heterocycles. The van der Waals surface area contributed by atoms with Crippen LogP contribution >= 0.6 is 0 Å². The Hall–Kier alpha value is -0.550. The topological polar surface area (TPSA) is 33.0 Å². The van der Waals surface area contributed by atoms with Gasteiger partial charge in [-0.3, -0.25) is 0 Å². The fourth-order valence-electron chi connectivity index (χ4n) is 5.03. The van der Waals surface area contributed by atoms with Crippen molar-refractivity contribution in [1.82, 2.24) is 0 Å². The fourth-order valence-corrected chi connectivity index (χ4v) is 5.03. The Bertz CT molecular complexity index is 379. The number of hydrogen-bond donors (Lipinski definition) is 0. The number of nitriles is 1. The summed E-state index contributed by atoms with van der Waals surface area (Å²) in [5, 5.41) is 9.77. The van der Waals surface area contributed by atoms with Gasteiger partial charge in [0.2, 0.25) is 0 Å². The molecule has 2 heteroatoms. The molecule has 3 aliphatic rings. The van der Waals surface area contributed by atoms with E-state index < -0.39 is 0 Å². The van der Waals surface area contributed by atoms with Gasteiger partial charge in [0.05, 0.1) is 23.2 Å². The van der Waals surface area contributed by atoms with Crippen LogP contribution in [0.3, 0.4) is 0 Å². The van der Waals surface area contributed by atoms with Crippen molar-refractivity contribution in [1.29, 1.82) is 5.26 Å². The van der Waals surface area contributed by atoms with Crippen molar-refractivity contribution in [2.75, 3.05) is 0 Å². The Morgan fingerprint density at radius 1 is 1.10 bits per heavy atom. The van der Waals surface area contributed by atoms with Gasteiger partial charge in [0.1, 0.15) is 0 Å². The predicted molar refractivity (Wildman–Crippen MR) is 80.2 cm³/mol. The lowest BCUT2D eigenvalue weighted by Gasteiger charge is -2.37. The molecule has 3 atom stereocenters. The van der Waals surface area contributed by atoms with E-state index in [0.717, 1.165) is 25.2 Å². The van der Waals surface area contributed by atoms with Crippen LogP contribution in [0.25, 0.3) is 0 Å². The summed E-state index contributed by atoms with van der Waals surface area (Å²) >= 11 is 0. The Kier molecular flexibility index (Phi) is 4.09. The number of rotatable bonds is 3. The van der Waals surface area contributed by atoms with E-state index in [1.807, 2.05) is 0 Å². The Balaban J connectivity index is 1.62. The third-order valence-electron chi connectivity index (χ3n) is 6.23. The van der Waals surface area contributed by atoms with Crippen molar-refractivity contribution in [2.24, 2.45) is 11.3 Å². The van der Waals surface area contributed by atoms with Crippen molar-refractivity contribution in [2.45, 2.75) is 95.7 Å². The van der Waals surface area contributed by atoms with Gasteiger partial charge >= 0.3 is 0 Å². The maximum Gasteiger partial charge on any atom is 0.0690 e. The highest BCUT2D eigenvalue weighted by atomic mass is 16.5. The minimum Gasteiger partial charge on any atom is -0.372 e. The monoisotopic (exact) mass is 275 g/mol. The van der Waals surface area contributed by atoms with E-state index in [0.29, 0.717) is 6.10 Å². The molecule has 20 heavy (non-hydrogen) atoms. The molecule has 0 aromatic heterocycles. The first-order chi connectivity index (χ1) is 9.69. The number of ether oxygens (including phenoxy) is 1. The first kappa shape index (κ1) is 14.4. The van der Waals surface area contributed by atoms with Gasteiger partial charge in [0.15, 0.2) is 0 Å². The maximum atomic E-state index is 9.77. The molecular formula is C18H29NO. The zero-order chi connectivity index (χ0) is 14.1. The summed E-state index contributed by atoms with van der Waals surface area (Å²) in [5.74, 6) is 0.769. The molecule has 3 unspecified atom stereocenters. The predicted octanol–water partition coefficient (Wildman–Crippen LogP) is 4.98. The van der Waals surface area contributed by atoms with Crippen molar-refractivity contribution in [3.8, 4) is 6.07 Å². The van der Waals surface area contributed by atoms with E-state index in [9.17, 15) is 5.26 Å². The average Bonchev–Trinajstić information content (AvgIpc) is 3.10. The Morgan fingerprint density at radius 2 is 1.90 bits per heavy atom. The minimum atomic E-state index is -0.0757. The van der Waals surface area contributed by atoms with Crippen molar-refractivity contribution < 1.29 is 4.74 Å². The third-order valence-corrected chi connectivity index (χ3v) is 6.23. The summed E-state index contributed by atoms with van der Waals surface area (Å²) in [4.78, 5) is 0. The van der Waals surface area contributed by atoms with Gasteiger partial charge in [-0.2, -0.15) is 5.26 Å². The van der Waals surface area contributed by atoms with Crippen molar-refractivity contribution in [3.63, 3.8) is 0 Å². The molecule has 3 fully saturated rings. The van der Waals surface area contributed by atoms with Gasteiger partial charge in [0.25, 0.3) is 0 Å². The second-order valence-electron chi connectivity index (χ2n) is 7.64. The summed E-state index contributed by atoms with van der Waals surface area (Å²) in [7, 11) is 0.